The molecule has 0 aliphatic rings. The zero-order valence-corrected chi connectivity index (χ0v) is 19.8. The Hall–Kier alpha value is -3.90. The highest BCUT2D eigenvalue weighted by atomic mass is 32.2. The van der Waals surface area contributed by atoms with Crippen LogP contribution in [0.25, 0.3) is 0 Å². The molecule has 0 aliphatic heterocycles. The molecule has 1 aromatic heterocycles. The van der Waals surface area contributed by atoms with E-state index in [0.717, 1.165) is 9.87 Å². The van der Waals surface area contributed by atoms with Crippen molar-refractivity contribution in [2.24, 2.45) is 0 Å². The fraction of sp³-hybridized carbons (Fsp3) is 0.227. The lowest BCUT2D eigenvalue weighted by Gasteiger charge is -2.21. The van der Waals surface area contributed by atoms with Crippen LogP contribution in [0.1, 0.15) is 5.56 Å². The number of nitrogens with two attached hydrogens (primary N) is 1. The molecule has 0 fully saturated rings. The Morgan fingerprint density at radius 2 is 1.65 bits per heavy atom. The minimum absolute atomic E-state index is 0.0156. The third-order valence-corrected chi connectivity index (χ3v) is 6.91. The van der Waals surface area contributed by atoms with Gasteiger partial charge in [-0.3, -0.25) is 19.1 Å². The summed E-state index contributed by atoms with van der Waals surface area (Å²) < 4.78 is 26.6. The summed E-state index contributed by atoms with van der Waals surface area (Å²) in [5, 5.41) is 2.64. The van der Waals surface area contributed by atoms with Crippen LogP contribution in [-0.4, -0.2) is 55.9 Å². The standard InChI is InChI=1S/C22H26N6O5S/c1-26(2)34(32,33)17-11-9-16(10-12-17)24-18(29)14-27(3)19-20(23)28(22(31)25-21(19)30)13-15-7-5-4-6-8-15/h4-12H,13-14,23H2,1-3H3,(H,24,29)(H,25,30,31). The molecule has 0 saturated carbocycles. The van der Waals surface area contributed by atoms with Crippen LogP contribution in [0, 0.1) is 0 Å². The van der Waals surface area contributed by atoms with E-state index in [9.17, 15) is 22.8 Å². The molecule has 180 valence electrons. The molecule has 3 aromatic rings. The number of amides is 1. The molecule has 0 saturated heterocycles. The van der Waals surface area contributed by atoms with E-state index in [1.807, 2.05) is 30.3 Å². The predicted molar refractivity (Wildman–Crippen MR) is 130 cm³/mol. The van der Waals surface area contributed by atoms with Crippen LogP contribution in [0.2, 0.25) is 0 Å². The third kappa shape index (κ3) is 5.35. The number of nitrogens with one attached hydrogen (secondary N) is 2. The van der Waals surface area contributed by atoms with Gasteiger partial charge in [0.2, 0.25) is 15.9 Å². The Bertz CT molecular complexity index is 1400. The second kappa shape index (κ2) is 9.93. The van der Waals surface area contributed by atoms with Gasteiger partial charge in [0.1, 0.15) is 11.5 Å². The van der Waals surface area contributed by atoms with Crippen molar-refractivity contribution in [1.82, 2.24) is 13.9 Å². The number of benzene rings is 2. The monoisotopic (exact) mass is 486 g/mol. The number of hydrogen-bond acceptors (Lipinski definition) is 7. The molecular weight excluding hydrogens is 460 g/mol. The first kappa shape index (κ1) is 24.7. The summed E-state index contributed by atoms with van der Waals surface area (Å²) in [6.45, 7) is -0.0912. The van der Waals surface area contributed by atoms with Gasteiger partial charge in [0.15, 0.2) is 0 Å². The number of nitrogen functional groups attached to an aromatic ring is 1. The van der Waals surface area contributed by atoms with Gasteiger partial charge in [-0.1, -0.05) is 30.3 Å². The first-order chi connectivity index (χ1) is 16.0. The van der Waals surface area contributed by atoms with Crippen LogP contribution in [-0.2, 0) is 21.4 Å². The SMILES string of the molecule is CN(CC(=O)Nc1ccc(S(=O)(=O)N(C)C)cc1)c1c(N)n(Cc2ccccc2)c(=O)[nH]c1=O. The third-order valence-electron chi connectivity index (χ3n) is 5.08. The van der Waals surface area contributed by atoms with E-state index < -0.39 is 27.2 Å². The average molecular weight is 487 g/mol. The number of likely N-dealkylation sites (N-methyl/N-ethyl adjacent to an activating group) is 1. The van der Waals surface area contributed by atoms with E-state index >= 15 is 0 Å². The van der Waals surface area contributed by atoms with E-state index in [2.05, 4.69) is 10.3 Å². The lowest BCUT2D eigenvalue weighted by Crippen LogP contribution is -2.39. The molecule has 0 bridgehead atoms. The first-order valence-electron chi connectivity index (χ1n) is 10.2. The fourth-order valence-electron chi connectivity index (χ4n) is 3.29. The van der Waals surface area contributed by atoms with Crippen molar-refractivity contribution < 1.29 is 13.2 Å². The van der Waals surface area contributed by atoms with Crippen LogP contribution < -0.4 is 27.2 Å². The molecule has 1 amide bonds. The van der Waals surface area contributed by atoms with E-state index in [0.29, 0.717) is 5.69 Å². The van der Waals surface area contributed by atoms with Crippen molar-refractivity contribution in [3.63, 3.8) is 0 Å². The number of rotatable bonds is 8. The molecule has 0 radical (unpaired) electrons. The number of carbonyl (C=O) groups excluding carboxylic acids is 1. The molecule has 0 atom stereocenters. The summed E-state index contributed by atoms with van der Waals surface area (Å²) in [4.78, 5) is 41.0. The van der Waals surface area contributed by atoms with Crippen molar-refractivity contribution in [3.05, 3.63) is 81.0 Å². The van der Waals surface area contributed by atoms with Gasteiger partial charge in [-0.2, -0.15) is 0 Å². The van der Waals surface area contributed by atoms with Crippen LogP contribution >= 0.6 is 0 Å². The van der Waals surface area contributed by atoms with Gasteiger partial charge in [-0.25, -0.2) is 17.5 Å². The van der Waals surface area contributed by atoms with Crippen LogP contribution in [0.5, 0.6) is 0 Å². The van der Waals surface area contributed by atoms with Crippen LogP contribution in [0.4, 0.5) is 17.2 Å². The summed E-state index contributed by atoms with van der Waals surface area (Å²) >= 11 is 0. The Labute approximate surface area is 196 Å². The molecule has 2 aromatic carbocycles. The summed E-state index contributed by atoms with van der Waals surface area (Å²) in [6, 6.07) is 14.8. The van der Waals surface area contributed by atoms with Crippen molar-refractivity contribution >= 4 is 33.1 Å². The van der Waals surface area contributed by atoms with E-state index in [1.165, 1.54) is 54.9 Å². The highest BCUT2D eigenvalue weighted by Gasteiger charge is 2.19. The first-order valence-corrected chi connectivity index (χ1v) is 11.6. The molecule has 0 spiro atoms. The number of anilines is 3. The van der Waals surface area contributed by atoms with Crippen molar-refractivity contribution in [3.8, 4) is 0 Å². The van der Waals surface area contributed by atoms with Crippen molar-refractivity contribution in [2.75, 3.05) is 43.6 Å². The molecule has 12 heteroatoms. The summed E-state index contributed by atoms with van der Waals surface area (Å²) in [5.41, 5.74) is 5.97. The lowest BCUT2D eigenvalue weighted by atomic mass is 10.2. The Morgan fingerprint density at radius 1 is 1.03 bits per heavy atom. The van der Waals surface area contributed by atoms with E-state index in [1.54, 1.807) is 0 Å². The van der Waals surface area contributed by atoms with Crippen LogP contribution in [0.3, 0.4) is 0 Å². The zero-order valence-electron chi connectivity index (χ0n) is 19.0. The molecule has 0 aliphatic carbocycles. The maximum Gasteiger partial charge on any atom is 0.330 e. The molecule has 4 N–H and O–H groups in total. The van der Waals surface area contributed by atoms with E-state index in [4.69, 9.17) is 5.73 Å². The normalized spacial score (nSPS) is 11.4. The average Bonchev–Trinajstić information content (AvgIpc) is 2.77. The second-order valence-corrected chi connectivity index (χ2v) is 9.93. The zero-order chi connectivity index (χ0) is 25.0. The maximum atomic E-state index is 12.6. The molecule has 0 unspecified atom stereocenters. The van der Waals surface area contributed by atoms with Gasteiger partial charge in [0, 0.05) is 26.8 Å². The highest BCUT2D eigenvalue weighted by Crippen LogP contribution is 2.18. The van der Waals surface area contributed by atoms with Gasteiger partial charge in [-0.05, 0) is 29.8 Å². The number of carbonyl (C=O) groups is 1. The van der Waals surface area contributed by atoms with Crippen molar-refractivity contribution in [2.45, 2.75) is 11.4 Å². The summed E-state index contributed by atoms with van der Waals surface area (Å²) in [6.07, 6.45) is 0. The minimum Gasteiger partial charge on any atom is -0.383 e. The number of aromatic amines is 1. The molecule has 34 heavy (non-hydrogen) atoms. The van der Waals surface area contributed by atoms with E-state index in [-0.39, 0.29) is 29.5 Å². The number of hydrogen-bond donors (Lipinski definition) is 3. The predicted octanol–water partition coefficient (Wildman–Crippen LogP) is 0.492. The highest BCUT2D eigenvalue weighted by molar-refractivity contribution is 7.89. The minimum atomic E-state index is -3.58. The molecule has 1 heterocycles. The summed E-state index contributed by atoms with van der Waals surface area (Å²) in [7, 11) is 0.776. The second-order valence-electron chi connectivity index (χ2n) is 7.78. The quantitative estimate of drug-likeness (QED) is 0.419. The Kier molecular flexibility index (Phi) is 7.23. The maximum absolute atomic E-state index is 12.6. The summed E-state index contributed by atoms with van der Waals surface area (Å²) in [5.74, 6) is -0.531. The van der Waals surface area contributed by atoms with Gasteiger partial charge < -0.3 is 16.0 Å². The lowest BCUT2D eigenvalue weighted by molar-refractivity contribution is -0.114. The number of H-pyrrole nitrogens is 1. The topological polar surface area (TPSA) is 151 Å². The Morgan fingerprint density at radius 3 is 2.24 bits per heavy atom. The largest absolute Gasteiger partial charge is 0.383 e. The Balaban J connectivity index is 1.77. The number of aromatic nitrogens is 2. The molecule has 11 nitrogen and oxygen atoms in total. The van der Waals surface area contributed by atoms with Crippen molar-refractivity contribution in [1.29, 1.82) is 0 Å². The van der Waals surface area contributed by atoms with Gasteiger partial charge >= 0.3 is 5.69 Å². The van der Waals surface area contributed by atoms with Crippen LogP contribution in [0.15, 0.2) is 69.1 Å². The molecule has 3 rings (SSSR count). The smallest absolute Gasteiger partial charge is 0.330 e. The van der Waals surface area contributed by atoms with Gasteiger partial charge in [-0.15, -0.1) is 0 Å². The number of sulfonamides is 1. The van der Waals surface area contributed by atoms with Gasteiger partial charge in [0.05, 0.1) is 18.0 Å². The number of nitrogens with zero attached hydrogens (tertiary/aromatic N) is 3. The molecular formula is C22H26N6O5S. The van der Waals surface area contributed by atoms with Gasteiger partial charge in [0.25, 0.3) is 5.56 Å². The fourth-order valence-corrected chi connectivity index (χ4v) is 4.19.